The van der Waals surface area contributed by atoms with E-state index < -0.39 is 11.4 Å². The third-order valence-electron chi connectivity index (χ3n) is 4.92. The van der Waals surface area contributed by atoms with Gasteiger partial charge in [-0.15, -0.1) is 0 Å². The van der Waals surface area contributed by atoms with Crippen LogP contribution in [-0.2, 0) is 9.59 Å². The standard InChI is InChI=1S/C15H25NO4/c1-16(10-11-7-12(17)8-11)13(18)9-15(14(19)20)5-3-2-4-6-15/h11-12,17H,2-10H2,1H3,(H,19,20). The maximum atomic E-state index is 12.3. The number of carbonyl (C=O) groups excluding carboxylic acids is 1. The third kappa shape index (κ3) is 3.32. The quantitative estimate of drug-likeness (QED) is 0.804. The van der Waals surface area contributed by atoms with Crippen LogP contribution in [0.25, 0.3) is 0 Å². The summed E-state index contributed by atoms with van der Waals surface area (Å²) in [6, 6.07) is 0. The van der Waals surface area contributed by atoms with Gasteiger partial charge in [0, 0.05) is 20.0 Å². The number of carbonyl (C=O) groups is 2. The van der Waals surface area contributed by atoms with Crippen LogP contribution in [0.15, 0.2) is 0 Å². The van der Waals surface area contributed by atoms with Crippen LogP contribution in [0.1, 0.15) is 51.4 Å². The number of aliphatic hydroxyl groups excluding tert-OH is 1. The zero-order valence-electron chi connectivity index (χ0n) is 12.2. The van der Waals surface area contributed by atoms with Crippen molar-refractivity contribution in [2.75, 3.05) is 13.6 Å². The summed E-state index contributed by atoms with van der Waals surface area (Å²) in [7, 11) is 1.74. The second-order valence-electron chi connectivity index (χ2n) is 6.59. The van der Waals surface area contributed by atoms with E-state index >= 15 is 0 Å². The van der Waals surface area contributed by atoms with Gasteiger partial charge >= 0.3 is 5.97 Å². The molecule has 1 amide bonds. The van der Waals surface area contributed by atoms with Crippen LogP contribution in [0.5, 0.6) is 0 Å². The molecule has 2 fully saturated rings. The molecule has 5 heteroatoms. The largest absolute Gasteiger partial charge is 0.481 e. The highest BCUT2D eigenvalue weighted by Gasteiger charge is 2.42. The molecule has 2 N–H and O–H groups in total. The number of aliphatic hydroxyl groups is 1. The van der Waals surface area contributed by atoms with E-state index in [-0.39, 0.29) is 18.4 Å². The molecule has 20 heavy (non-hydrogen) atoms. The molecule has 2 saturated carbocycles. The van der Waals surface area contributed by atoms with Crippen molar-refractivity contribution in [3.63, 3.8) is 0 Å². The summed E-state index contributed by atoms with van der Waals surface area (Å²) in [5, 5.41) is 18.8. The summed E-state index contributed by atoms with van der Waals surface area (Å²) < 4.78 is 0. The van der Waals surface area contributed by atoms with E-state index in [1.165, 1.54) is 0 Å². The topological polar surface area (TPSA) is 77.8 Å². The van der Waals surface area contributed by atoms with Crippen LogP contribution >= 0.6 is 0 Å². The summed E-state index contributed by atoms with van der Waals surface area (Å²) in [4.78, 5) is 25.5. The van der Waals surface area contributed by atoms with Crippen molar-refractivity contribution in [3.8, 4) is 0 Å². The molecule has 0 aromatic rings. The van der Waals surface area contributed by atoms with Gasteiger partial charge in [0.15, 0.2) is 0 Å². The minimum absolute atomic E-state index is 0.0734. The van der Waals surface area contributed by atoms with E-state index in [0.29, 0.717) is 25.3 Å². The Hall–Kier alpha value is -1.10. The highest BCUT2D eigenvalue weighted by molar-refractivity contribution is 5.85. The van der Waals surface area contributed by atoms with Crippen LogP contribution in [0.3, 0.4) is 0 Å². The highest BCUT2D eigenvalue weighted by atomic mass is 16.4. The first kappa shape index (κ1) is 15.3. The molecular formula is C15H25NO4. The Kier molecular flexibility index (Phi) is 4.68. The van der Waals surface area contributed by atoms with E-state index in [9.17, 15) is 19.8 Å². The maximum absolute atomic E-state index is 12.3. The average Bonchev–Trinajstić information content (AvgIpc) is 2.37. The molecule has 0 radical (unpaired) electrons. The minimum atomic E-state index is -0.845. The molecule has 0 heterocycles. The van der Waals surface area contributed by atoms with Gasteiger partial charge in [-0.25, -0.2) is 0 Å². The zero-order chi connectivity index (χ0) is 14.8. The Bertz CT molecular complexity index is 370. The van der Waals surface area contributed by atoms with E-state index in [0.717, 1.165) is 32.1 Å². The molecule has 0 bridgehead atoms. The van der Waals surface area contributed by atoms with Gasteiger partial charge in [-0.2, -0.15) is 0 Å². The number of aliphatic carboxylic acids is 1. The number of hydrogen-bond donors (Lipinski definition) is 2. The summed E-state index contributed by atoms with van der Waals surface area (Å²) in [6.07, 6.45) is 5.51. The molecule has 114 valence electrons. The van der Waals surface area contributed by atoms with Gasteiger partial charge in [0.1, 0.15) is 0 Å². The predicted molar refractivity (Wildman–Crippen MR) is 74.1 cm³/mol. The molecular weight excluding hydrogens is 258 g/mol. The summed E-state index contributed by atoms with van der Waals surface area (Å²) in [6.45, 7) is 0.631. The number of carboxylic acids is 1. The number of hydrogen-bond acceptors (Lipinski definition) is 3. The third-order valence-corrected chi connectivity index (χ3v) is 4.92. The van der Waals surface area contributed by atoms with Crippen LogP contribution in [0, 0.1) is 11.3 Å². The van der Waals surface area contributed by atoms with E-state index in [4.69, 9.17) is 0 Å². The van der Waals surface area contributed by atoms with Gasteiger partial charge in [-0.05, 0) is 31.6 Å². The minimum Gasteiger partial charge on any atom is -0.481 e. The molecule has 0 spiro atoms. The van der Waals surface area contributed by atoms with Crippen LogP contribution in [0.4, 0.5) is 0 Å². The SMILES string of the molecule is CN(CC1CC(O)C1)C(=O)CC1(C(=O)O)CCCCC1. The lowest BCUT2D eigenvalue weighted by atomic mass is 9.71. The predicted octanol–water partition coefficient (Wildman–Crippen LogP) is 1.64. The summed E-state index contributed by atoms with van der Waals surface area (Å²) >= 11 is 0. The van der Waals surface area contributed by atoms with Gasteiger partial charge in [-0.1, -0.05) is 19.3 Å². The molecule has 2 rings (SSSR count). The van der Waals surface area contributed by atoms with Crippen LogP contribution < -0.4 is 0 Å². The average molecular weight is 283 g/mol. The number of nitrogens with zero attached hydrogens (tertiary/aromatic N) is 1. The smallest absolute Gasteiger partial charge is 0.310 e. The fourth-order valence-corrected chi connectivity index (χ4v) is 3.46. The first-order chi connectivity index (χ1) is 9.43. The summed E-state index contributed by atoms with van der Waals surface area (Å²) in [5.41, 5.74) is -0.845. The fraction of sp³-hybridized carbons (Fsp3) is 0.867. The van der Waals surface area contributed by atoms with Crippen molar-refractivity contribution >= 4 is 11.9 Å². The van der Waals surface area contributed by atoms with Crippen molar-refractivity contribution in [1.29, 1.82) is 0 Å². The van der Waals surface area contributed by atoms with E-state index in [2.05, 4.69) is 0 Å². The monoisotopic (exact) mass is 283 g/mol. The molecule has 5 nitrogen and oxygen atoms in total. The van der Waals surface area contributed by atoms with Crippen molar-refractivity contribution in [2.24, 2.45) is 11.3 Å². The molecule has 0 atom stereocenters. The number of rotatable bonds is 5. The number of carboxylic acid groups (broad SMARTS) is 1. The number of amides is 1. The second-order valence-corrected chi connectivity index (χ2v) is 6.59. The molecule has 0 aromatic heterocycles. The molecule has 0 unspecified atom stereocenters. The van der Waals surface area contributed by atoms with Crippen LogP contribution in [0.2, 0.25) is 0 Å². The molecule has 2 aliphatic rings. The van der Waals surface area contributed by atoms with Crippen LogP contribution in [-0.4, -0.2) is 46.7 Å². The lowest BCUT2D eigenvalue weighted by Crippen LogP contribution is -2.43. The van der Waals surface area contributed by atoms with Crippen molar-refractivity contribution in [1.82, 2.24) is 4.90 Å². The Morgan fingerprint density at radius 3 is 2.30 bits per heavy atom. The summed E-state index contributed by atoms with van der Waals surface area (Å²) in [5.74, 6) is -0.528. The Morgan fingerprint density at radius 1 is 1.20 bits per heavy atom. The first-order valence-corrected chi connectivity index (χ1v) is 7.58. The lowest BCUT2D eigenvalue weighted by Gasteiger charge is -2.37. The van der Waals surface area contributed by atoms with Gasteiger partial charge in [-0.3, -0.25) is 9.59 Å². The maximum Gasteiger partial charge on any atom is 0.310 e. The molecule has 0 saturated heterocycles. The van der Waals surface area contributed by atoms with Gasteiger partial charge in [0.05, 0.1) is 11.5 Å². The fourth-order valence-electron chi connectivity index (χ4n) is 3.46. The molecule has 0 aliphatic heterocycles. The molecule has 2 aliphatic carbocycles. The van der Waals surface area contributed by atoms with Crippen molar-refractivity contribution in [3.05, 3.63) is 0 Å². The van der Waals surface area contributed by atoms with Crippen molar-refractivity contribution < 1.29 is 19.8 Å². The van der Waals surface area contributed by atoms with E-state index in [1.807, 2.05) is 0 Å². The Labute approximate surface area is 120 Å². The Balaban J connectivity index is 1.89. The van der Waals surface area contributed by atoms with Gasteiger partial charge in [0.2, 0.25) is 5.91 Å². The zero-order valence-corrected chi connectivity index (χ0v) is 12.2. The normalized spacial score (nSPS) is 28.5. The van der Waals surface area contributed by atoms with E-state index in [1.54, 1.807) is 11.9 Å². The van der Waals surface area contributed by atoms with Crippen molar-refractivity contribution in [2.45, 2.75) is 57.5 Å². The molecule has 0 aromatic carbocycles. The first-order valence-electron chi connectivity index (χ1n) is 7.58. The van der Waals surface area contributed by atoms with Gasteiger partial charge in [0.25, 0.3) is 0 Å². The second kappa shape index (κ2) is 6.12. The Morgan fingerprint density at radius 2 is 1.80 bits per heavy atom. The van der Waals surface area contributed by atoms with Gasteiger partial charge < -0.3 is 15.1 Å². The highest BCUT2D eigenvalue weighted by Crippen LogP contribution is 2.40. The lowest BCUT2D eigenvalue weighted by molar-refractivity contribution is -0.156.